The molecule has 1 aromatic carbocycles. The lowest BCUT2D eigenvalue weighted by Gasteiger charge is -2.17. The van der Waals surface area contributed by atoms with E-state index < -0.39 is 0 Å². The van der Waals surface area contributed by atoms with Crippen molar-refractivity contribution >= 4 is 22.5 Å². The van der Waals surface area contributed by atoms with Gasteiger partial charge in [0.05, 0.1) is 11.0 Å². The highest BCUT2D eigenvalue weighted by atomic mass is 15.3. The van der Waals surface area contributed by atoms with Gasteiger partial charge in [0.1, 0.15) is 6.33 Å². The third kappa shape index (κ3) is 1.57. The maximum atomic E-state index is 5.98. The van der Waals surface area contributed by atoms with E-state index >= 15 is 0 Å². The molecule has 1 atom stereocenters. The van der Waals surface area contributed by atoms with Crippen molar-refractivity contribution in [3.8, 4) is 0 Å². The van der Waals surface area contributed by atoms with Gasteiger partial charge in [-0.15, -0.1) is 10.2 Å². The maximum Gasteiger partial charge on any atom is 0.204 e. The molecular weight excluding hydrogens is 240 g/mol. The van der Waals surface area contributed by atoms with E-state index in [9.17, 15) is 0 Å². The summed E-state index contributed by atoms with van der Waals surface area (Å²) in [5.74, 6) is 0.879. The van der Waals surface area contributed by atoms with E-state index in [1.807, 2.05) is 28.7 Å². The number of aromatic nitrogens is 4. The molecule has 1 aliphatic heterocycles. The van der Waals surface area contributed by atoms with Gasteiger partial charge in [-0.25, -0.2) is 4.98 Å². The number of benzene rings is 1. The van der Waals surface area contributed by atoms with Crippen LogP contribution < -0.4 is 10.6 Å². The van der Waals surface area contributed by atoms with Crippen molar-refractivity contribution in [3.05, 3.63) is 30.6 Å². The Morgan fingerprint density at radius 3 is 3.00 bits per heavy atom. The van der Waals surface area contributed by atoms with Gasteiger partial charge < -0.3 is 10.6 Å². The third-order valence-corrected chi connectivity index (χ3v) is 3.64. The van der Waals surface area contributed by atoms with E-state index in [1.54, 1.807) is 6.33 Å². The molecule has 0 bridgehead atoms. The van der Waals surface area contributed by atoms with Crippen molar-refractivity contribution in [3.63, 3.8) is 0 Å². The van der Waals surface area contributed by atoms with Gasteiger partial charge in [0.15, 0.2) is 5.82 Å². The summed E-state index contributed by atoms with van der Waals surface area (Å²) in [6.07, 6.45) is 2.73. The van der Waals surface area contributed by atoms with Gasteiger partial charge in [0.25, 0.3) is 0 Å². The average molecular weight is 254 g/mol. The number of rotatable bonds is 1. The zero-order valence-corrected chi connectivity index (χ0v) is 10.4. The van der Waals surface area contributed by atoms with Crippen molar-refractivity contribution in [2.75, 3.05) is 18.0 Å². The molecule has 2 aromatic heterocycles. The lowest BCUT2D eigenvalue weighted by atomic mass is 10.3. The Labute approximate surface area is 109 Å². The quantitative estimate of drug-likeness (QED) is 0.696. The average Bonchev–Trinajstić information content (AvgIpc) is 3.06. The minimum absolute atomic E-state index is 0.219. The molecule has 96 valence electrons. The highest BCUT2D eigenvalue weighted by Crippen LogP contribution is 2.25. The van der Waals surface area contributed by atoms with E-state index in [0.29, 0.717) is 0 Å². The van der Waals surface area contributed by atoms with Gasteiger partial charge in [0.2, 0.25) is 5.65 Å². The standard InChI is InChI=1S/C13H14N6/c14-9-5-6-18(7-9)12-13-17-15-8-19(13)11-4-2-1-3-10(11)16-12/h1-4,8-9H,5-7,14H2. The molecule has 0 radical (unpaired) electrons. The Balaban J connectivity index is 2.00. The molecule has 1 saturated heterocycles. The molecule has 19 heavy (non-hydrogen) atoms. The number of nitrogens with zero attached hydrogens (tertiary/aromatic N) is 5. The first-order valence-corrected chi connectivity index (χ1v) is 6.42. The van der Waals surface area contributed by atoms with Crippen LogP contribution in [-0.4, -0.2) is 38.7 Å². The zero-order chi connectivity index (χ0) is 12.8. The Morgan fingerprint density at radius 1 is 1.26 bits per heavy atom. The highest BCUT2D eigenvalue weighted by Gasteiger charge is 2.23. The van der Waals surface area contributed by atoms with E-state index in [4.69, 9.17) is 10.7 Å². The van der Waals surface area contributed by atoms with Crippen molar-refractivity contribution in [1.82, 2.24) is 19.6 Å². The van der Waals surface area contributed by atoms with Gasteiger partial charge in [-0.05, 0) is 18.6 Å². The number of hydrogen-bond acceptors (Lipinski definition) is 5. The first-order chi connectivity index (χ1) is 9.33. The van der Waals surface area contributed by atoms with Gasteiger partial charge in [-0.3, -0.25) is 4.40 Å². The molecule has 2 N–H and O–H groups in total. The van der Waals surface area contributed by atoms with Crippen LogP contribution in [0.3, 0.4) is 0 Å². The smallest absolute Gasteiger partial charge is 0.204 e. The summed E-state index contributed by atoms with van der Waals surface area (Å²) in [4.78, 5) is 6.93. The molecule has 0 aliphatic carbocycles. The van der Waals surface area contributed by atoms with Gasteiger partial charge in [-0.2, -0.15) is 0 Å². The molecular formula is C13H14N6. The number of para-hydroxylation sites is 2. The number of nitrogens with two attached hydrogens (primary N) is 1. The predicted molar refractivity (Wildman–Crippen MR) is 73.1 cm³/mol. The zero-order valence-electron chi connectivity index (χ0n) is 10.4. The Bertz CT molecular complexity index is 749. The van der Waals surface area contributed by atoms with E-state index in [-0.39, 0.29) is 6.04 Å². The summed E-state index contributed by atoms with van der Waals surface area (Å²) in [7, 11) is 0. The molecule has 0 saturated carbocycles. The normalized spacial score (nSPS) is 19.6. The molecule has 0 spiro atoms. The highest BCUT2D eigenvalue weighted by molar-refractivity contribution is 5.82. The van der Waals surface area contributed by atoms with Crippen LogP contribution in [0.5, 0.6) is 0 Å². The third-order valence-electron chi connectivity index (χ3n) is 3.64. The van der Waals surface area contributed by atoms with Crippen LogP contribution in [0.25, 0.3) is 16.7 Å². The summed E-state index contributed by atoms with van der Waals surface area (Å²) in [6, 6.07) is 8.24. The molecule has 1 aliphatic rings. The Hall–Kier alpha value is -2.21. The lowest BCUT2D eigenvalue weighted by molar-refractivity contribution is 0.751. The lowest BCUT2D eigenvalue weighted by Crippen LogP contribution is -2.27. The second-order valence-corrected chi connectivity index (χ2v) is 4.94. The van der Waals surface area contributed by atoms with Crippen LogP contribution in [0, 0.1) is 0 Å². The van der Waals surface area contributed by atoms with Crippen LogP contribution in [0.2, 0.25) is 0 Å². The Morgan fingerprint density at radius 2 is 2.16 bits per heavy atom. The Kier molecular flexibility index (Phi) is 2.19. The molecule has 6 nitrogen and oxygen atoms in total. The summed E-state index contributed by atoms with van der Waals surface area (Å²) >= 11 is 0. The summed E-state index contributed by atoms with van der Waals surface area (Å²) in [5, 5.41) is 8.22. The molecule has 4 rings (SSSR count). The van der Waals surface area contributed by atoms with Crippen LogP contribution in [-0.2, 0) is 0 Å². The SMILES string of the molecule is NC1CCN(c2nc3ccccc3n3cnnc23)C1. The van der Waals surface area contributed by atoms with Crippen molar-refractivity contribution in [1.29, 1.82) is 0 Å². The van der Waals surface area contributed by atoms with E-state index in [0.717, 1.165) is 42.0 Å². The van der Waals surface area contributed by atoms with Crippen molar-refractivity contribution < 1.29 is 0 Å². The molecule has 6 heteroatoms. The minimum Gasteiger partial charge on any atom is -0.352 e. The molecule has 3 heterocycles. The largest absolute Gasteiger partial charge is 0.352 e. The van der Waals surface area contributed by atoms with Crippen LogP contribution >= 0.6 is 0 Å². The summed E-state index contributed by atoms with van der Waals surface area (Å²) < 4.78 is 1.99. The summed E-state index contributed by atoms with van der Waals surface area (Å²) in [6.45, 7) is 1.75. The van der Waals surface area contributed by atoms with E-state index in [2.05, 4.69) is 15.1 Å². The topological polar surface area (TPSA) is 72.3 Å². The predicted octanol–water partition coefficient (Wildman–Crippen LogP) is 0.815. The maximum absolute atomic E-state index is 5.98. The first-order valence-electron chi connectivity index (χ1n) is 6.42. The van der Waals surface area contributed by atoms with E-state index in [1.165, 1.54) is 0 Å². The second-order valence-electron chi connectivity index (χ2n) is 4.94. The van der Waals surface area contributed by atoms with Gasteiger partial charge >= 0.3 is 0 Å². The number of hydrogen-bond donors (Lipinski definition) is 1. The molecule has 3 aromatic rings. The second kappa shape index (κ2) is 3.89. The van der Waals surface area contributed by atoms with Gasteiger partial charge in [-0.1, -0.05) is 12.1 Å². The molecule has 1 unspecified atom stereocenters. The molecule has 0 amide bonds. The molecule has 1 fully saturated rings. The van der Waals surface area contributed by atoms with Crippen molar-refractivity contribution in [2.24, 2.45) is 5.73 Å². The summed E-state index contributed by atoms with van der Waals surface area (Å²) in [5.41, 5.74) is 8.75. The fourth-order valence-corrected chi connectivity index (χ4v) is 2.68. The minimum atomic E-state index is 0.219. The fourth-order valence-electron chi connectivity index (χ4n) is 2.68. The van der Waals surface area contributed by atoms with Crippen LogP contribution in [0.4, 0.5) is 5.82 Å². The monoisotopic (exact) mass is 254 g/mol. The van der Waals surface area contributed by atoms with Crippen LogP contribution in [0.1, 0.15) is 6.42 Å². The number of anilines is 1. The first kappa shape index (κ1) is 10.7. The fraction of sp³-hybridized carbons (Fsp3) is 0.308. The number of fused-ring (bicyclic) bond motifs is 3. The van der Waals surface area contributed by atoms with Gasteiger partial charge in [0, 0.05) is 19.1 Å². The van der Waals surface area contributed by atoms with Crippen LogP contribution in [0.15, 0.2) is 30.6 Å². The van der Waals surface area contributed by atoms with Crippen molar-refractivity contribution in [2.45, 2.75) is 12.5 Å².